The molecule has 6 nitrogen and oxygen atoms in total. The number of halogens is 1. The van der Waals surface area contributed by atoms with Crippen molar-refractivity contribution in [1.29, 1.82) is 0 Å². The second kappa shape index (κ2) is 6.10. The number of nitrogen functional groups attached to an aromatic ring is 1. The van der Waals surface area contributed by atoms with Crippen molar-refractivity contribution < 1.29 is 23.0 Å². The minimum Gasteiger partial charge on any atom is -0.396 e. The van der Waals surface area contributed by atoms with Crippen LogP contribution in [0.15, 0.2) is 23.1 Å². The molecule has 0 fully saturated rings. The molecule has 1 aromatic rings. The van der Waals surface area contributed by atoms with E-state index in [-0.39, 0.29) is 23.7 Å². The smallest absolute Gasteiger partial charge is 0.243 e. The van der Waals surface area contributed by atoms with Crippen LogP contribution in [0.5, 0.6) is 0 Å². The lowest BCUT2D eigenvalue weighted by Crippen LogP contribution is -2.35. The van der Waals surface area contributed by atoms with Crippen LogP contribution in [0, 0.1) is 5.82 Å². The molecular weight excluding hydrogens is 263 g/mol. The van der Waals surface area contributed by atoms with Crippen molar-refractivity contribution in [3.8, 4) is 0 Å². The Bertz CT molecular complexity index is 501. The summed E-state index contributed by atoms with van der Waals surface area (Å²) in [7, 11) is -3.95. The first-order valence-electron chi connectivity index (χ1n) is 5.20. The van der Waals surface area contributed by atoms with Crippen molar-refractivity contribution in [2.75, 3.05) is 32.0 Å². The number of aliphatic hydroxyl groups is 2. The molecule has 18 heavy (non-hydrogen) atoms. The van der Waals surface area contributed by atoms with Gasteiger partial charge in [0.25, 0.3) is 0 Å². The molecule has 1 rings (SSSR count). The summed E-state index contributed by atoms with van der Waals surface area (Å²) in [6, 6.07) is 3.14. The fourth-order valence-corrected chi connectivity index (χ4v) is 2.83. The number of benzene rings is 1. The Balaban J connectivity index is 3.13. The van der Waals surface area contributed by atoms with Crippen molar-refractivity contribution >= 4 is 15.7 Å². The molecule has 0 aliphatic rings. The Kier molecular flexibility index (Phi) is 5.03. The lowest BCUT2D eigenvalue weighted by molar-refractivity contribution is 0.217. The first kappa shape index (κ1) is 14.8. The number of rotatable bonds is 6. The molecule has 0 radical (unpaired) electrons. The fourth-order valence-electron chi connectivity index (χ4n) is 1.39. The number of anilines is 1. The maximum atomic E-state index is 13.2. The van der Waals surface area contributed by atoms with E-state index in [1.165, 1.54) is 6.07 Å². The van der Waals surface area contributed by atoms with Crippen molar-refractivity contribution in [3.05, 3.63) is 24.0 Å². The van der Waals surface area contributed by atoms with Gasteiger partial charge in [-0.3, -0.25) is 0 Å². The van der Waals surface area contributed by atoms with Crippen molar-refractivity contribution in [2.45, 2.75) is 4.90 Å². The molecule has 8 heteroatoms. The van der Waals surface area contributed by atoms with Crippen LogP contribution in [0.2, 0.25) is 0 Å². The number of nitrogens with zero attached hydrogens (tertiary/aromatic N) is 1. The molecule has 0 aliphatic carbocycles. The number of hydrogen-bond donors (Lipinski definition) is 3. The third kappa shape index (κ3) is 3.16. The number of hydrogen-bond acceptors (Lipinski definition) is 5. The van der Waals surface area contributed by atoms with Gasteiger partial charge >= 0.3 is 0 Å². The average Bonchev–Trinajstić information content (AvgIpc) is 2.32. The first-order chi connectivity index (χ1) is 8.43. The fraction of sp³-hybridized carbons (Fsp3) is 0.400. The number of sulfonamides is 1. The van der Waals surface area contributed by atoms with Gasteiger partial charge in [0.1, 0.15) is 5.82 Å². The maximum Gasteiger partial charge on any atom is 0.243 e. The zero-order valence-corrected chi connectivity index (χ0v) is 10.4. The summed E-state index contributed by atoms with van der Waals surface area (Å²) >= 11 is 0. The Morgan fingerprint density at radius 1 is 1.22 bits per heavy atom. The molecule has 1 aromatic carbocycles. The highest BCUT2D eigenvalue weighted by atomic mass is 32.2. The summed E-state index contributed by atoms with van der Waals surface area (Å²) in [6.07, 6.45) is 0. The molecule has 0 spiro atoms. The molecule has 0 aromatic heterocycles. The molecule has 0 unspecified atom stereocenters. The van der Waals surface area contributed by atoms with Crippen molar-refractivity contribution in [3.63, 3.8) is 0 Å². The van der Waals surface area contributed by atoms with E-state index >= 15 is 0 Å². The minimum absolute atomic E-state index is 0.148. The lowest BCUT2D eigenvalue weighted by atomic mass is 10.3. The summed E-state index contributed by atoms with van der Waals surface area (Å²) in [4.78, 5) is -0.267. The normalized spacial score (nSPS) is 12.0. The number of nitrogens with two attached hydrogens (primary N) is 1. The van der Waals surface area contributed by atoms with Crippen molar-refractivity contribution in [1.82, 2.24) is 4.31 Å². The van der Waals surface area contributed by atoms with E-state index in [4.69, 9.17) is 15.9 Å². The van der Waals surface area contributed by atoms with Gasteiger partial charge in [0.05, 0.1) is 23.8 Å². The molecule has 0 saturated carbocycles. The third-order valence-electron chi connectivity index (χ3n) is 2.31. The minimum atomic E-state index is -3.95. The Labute approximate surface area is 105 Å². The van der Waals surface area contributed by atoms with E-state index in [0.717, 1.165) is 16.4 Å². The van der Waals surface area contributed by atoms with Crippen LogP contribution in [-0.4, -0.2) is 49.2 Å². The third-order valence-corrected chi connectivity index (χ3v) is 4.20. The highest BCUT2D eigenvalue weighted by Crippen LogP contribution is 2.19. The molecular formula is C10H15FN2O4S. The van der Waals surface area contributed by atoms with Gasteiger partial charge in [0.15, 0.2) is 0 Å². The predicted octanol–water partition coefficient (Wildman–Crippen LogP) is -0.617. The Morgan fingerprint density at radius 2 is 1.78 bits per heavy atom. The molecule has 0 aliphatic heterocycles. The van der Waals surface area contributed by atoms with Crippen LogP contribution < -0.4 is 5.73 Å². The first-order valence-corrected chi connectivity index (χ1v) is 6.64. The molecule has 102 valence electrons. The second-order valence-electron chi connectivity index (χ2n) is 3.53. The van der Waals surface area contributed by atoms with Gasteiger partial charge in [-0.15, -0.1) is 0 Å². The second-order valence-corrected chi connectivity index (χ2v) is 5.47. The Morgan fingerprint density at radius 3 is 2.22 bits per heavy atom. The van der Waals surface area contributed by atoms with Crippen LogP contribution in [0.1, 0.15) is 0 Å². The molecule has 0 saturated heterocycles. The van der Waals surface area contributed by atoms with Crippen LogP contribution in [0.25, 0.3) is 0 Å². The van der Waals surface area contributed by atoms with Crippen LogP contribution in [-0.2, 0) is 10.0 Å². The monoisotopic (exact) mass is 278 g/mol. The van der Waals surface area contributed by atoms with Gasteiger partial charge in [-0.2, -0.15) is 4.31 Å². The summed E-state index contributed by atoms with van der Waals surface area (Å²) in [5.74, 6) is -0.830. The quantitative estimate of drug-likeness (QED) is 0.602. The summed E-state index contributed by atoms with van der Waals surface area (Å²) < 4.78 is 38.3. The van der Waals surface area contributed by atoms with Crippen LogP contribution >= 0.6 is 0 Å². The predicted molar refractivity (Wildman–Crippen MR) is 63.7 cm³/mol. The van der Waals surface area contributed by atoms with Gasteiger partial charge < -0.3 is 15.9 Å². The highest BCUT2D eigenvalue weighted by Gasteiger charge is 2.24. The lowest BCUT2D eigenvalue weighted by Gasteiger charge is -2.20. The Hall–Kier alpha value is -1.22. The number of aliphatic hydroxyl groups excluding tert-OH is 2. The summed E-state index contributed by atoms with van der Waals surface area (Å²) in [5, 5.41) is 17.6. The topological polar surface area (TPSA) is 104 Å². The van der Waals surface area contributed by atoms with Gasteiger partial charge in [0.2, 0.25) is 10.0 Å². The summed E-state index contributed by atoms with van der Waals surface area (Å²) in [5.41, 5.74) is 5.11. The zero-order chi connectivity index (χ0) is 13.8. The van der Waals surface area contributed by atoms with E-state index in [0.29, 0.717) is 0 Å². The molecule has 0 bridgehead atoms. The maximum absolute atomic E-state index is 13.2. The van der Waals surface area contributed by atoms with Crippen LogP contribution in [0.3, 0.4) is 0 Å². The van der Waals surface area contributed by atoms with Gasteiger partial charge in [-0.05, 0) is 18.2 Å². The zero-order valence-electron chi connectivity index (χ0n) is 9.58. The summed E-state index contributed by atoms with van der Waals surface area (Å²) in [6.45, 7) is -1.13. The molecule has 0 amide bonds. The van der Waals surface area contributed by atoms with Crippen LogP contribution in [0.4, 0.5) is 10.1 Å². The van der Waals surface area contributed by atoms with Crippen molar-refractivity contribution in [2.24, 2.45) is 0 Å². The largest absolute Gasteiger partial charge is 0.396 e. The average molecular weight is 278 g/mol. The van der Waals surface area contributed by atoms with E-state index in [2.05, 4.69) is 0 Å². The molecule has 4 N–H and O–H groups in total. The molecule has 0 heterocycles. The van der Waals surface area contributed by atoms with E-state index < -0.39 is 29.1 Å². The van der Waals surface area contributed by atoms with E-state index in [9.17, 15) is 12.8 Å². The van der Waals surface area contributed by atoms with Gasteiger partial charge in [-0.1, -0.05) is 0 Å². The van der Waals surface area contributed by atoms with Gasteiger partial charge in [-0.25, -0.2) is 12.8 Å². The van der Waals surface area contributed by atoms with E-state index in [1.807, 2.05) is 0 Å². The van der Waals surface area contributed by atoms with Gasteiger partial charge in [0, 0.05) is 13.1 Å². The molecule has 0 atom stereocenters. The highest BCUT2D eigenvalue weighted by molar-refractivity contribution is 7.89. The van der Waals surface area contributed by atoms with E-state index in [1.54, 1.807) is 0 Å². The standard InChI is InChI=1S/C10H15FN2O4S/c11-9-7-8(1-2-10(9)12)18(16,17)13(3-5-14)4-6-15/h1-2,7,14-15H,3-6,12H2. The SMILES string of the molecule is Nc1ccc(S(=O)(=O)N(CCO)CCO)cc1F.